The Morgan fingerprint density at radius 1 is 1.04 bits per heavy atom. The lowest BCUT2D eigenvalue weighted by Crippen LogP contribution is -2.51. The molecule has 1 fully saturated rings. The first kappa shape index (κ1) is 35.8. The Morgan fingerprint density at radius 2 is 1.71 bits per heavy atom. The summed E-state index contributed by atoms with van der Waals surface area (Å²) in [7, 11) is -1.03. The van der Waals surface area contributed by atoms with E-state index in [9.17, 15) is 14.4 Å². The van der Waals surface area contributed by atoms with Crippen molar-refractivity contribution in [1.29, 1.82) is 0 Å². The number of benzene rings is 1. The zero-order chi connectivity index (χ0) is 34.7. The van der Waals surface area contributed by atoms with Gasteiger partial charge in [-0.3, -0.25) is 14.2 Å². The van der Waals surface area contributed by atoms with Gasteiger partial charge in [0.1, 0.15) is 29.5 Å². The predicted octanol–water partition coefficient (Wildman–Crippen LogP) is 6.85. The standard InChI is InChI=1S/C35H47N3O8SSi/c1-21(2)48(22(3)4,23(5)6)46-29(39)20-37-33(40)30-24(7)31(32-36-15-18-44-32)47-34(30)38(35(37)41)19-28(45-25-13-16-43-17-14-25)26-11-9-10-12-27(26)42-8/h9-12,15,18,21-23,25,28H,13-14,16-17,19-20H2,1-8H3/t28-/m0/s1. The Labute approximate surface area is 285 Å². The fraction of sp³-hybridized carbons (Fsp3) is 0.543. The summed E-state index contributed by atoms with van der Waals surface area (Å²) in [6.07, 6.45) is 3.71. The number of aryl methyl sites for hydroxylation is 1. The number of ether oxygens (including phenoxy) is 3. The van der Waals surface area contributed by atoms with Crippen LogP contribution in [-0.2, 0) is 31.8 Å². The van der Waals surface area contributed by atoms with Crippen LogP contribution >= 0.6 is 11.3 Å². The van der Waals surface area contributed by atoms with Gasteiger partial charge in [0.05, 0.1) is 36.2 Å². The van der Waals surface area contributed by atoms with E-state index in [1.165, 1.54) is 23.8 Å². The van der Waals surface area contributed by atoms with Crippen LogP contribution in [0, 0.1) is 6.92 Å². The molecule has 3 aromatic heterocycles. The molecule has 0 saturated carbocycles. The molecule has 0 unspecified atom stereocenters. The van der Waals surface area contributed by atoms with Crippen LogP contribution in [0.15, 0.2) is 50.7 Å². The summed E-state index contributed by atoms with van der Waals surface area (Å²) < 4.78 is 32.6. The van der Waals surface area contributed by atoms with Gasteiger partial charge in [0.2, 0.25) is 5.89 Å². The lowest BCUT2D eigenvalue weighted by molar-refractivity contribution is -0.136. The highest BCUT2D eigenvalue weighted by molar-refractivity contribution is 7.22. The molecule has 11 nitrogen and oxygen atoms in total. The Hall–Kier alpha value is -3.52. The Balaban J connectivity index is 1.67. The third-order valence-corrected chi connectivity index (χ3v) is 16.9. The Bertz CT molecular complexity index is 1810. The largest absolute Gasteiger partial charge is 0.517 e. The van der Waals surface area contributed by atoms with Gasteiger partial charge in [-0.05, 0) is 48.0 Å². The van der Waals surface area contributed by atoms with Gasteiger partial charge in [0.25, 0.3) is 13.9 Å². The van der Waals surface area contributed by atoms with Gasteiger partial charge >= 0.3 is 11.7 Å². The maximum atomic E-state index is 14.5. The molecule has 260 valence electrons. The molecule has 0 amide bonds. The predicted molar refractivity (Wildman–Crippen MR) is 188 cm³/mol. The van der Waals surface area contributed by atoms with Crippen LogP contribution in [0.3, 0.4) is 0 Å². The summed E-state index contributed by atoms with van der Waals surface area (Å²) in [6, 6.07) is 7.56. The summed E-state index contributed by atoms with van der Waals surface area (Å²) in [4.78, 5) is 47.9. The average molecular weight is 698 g/mol. The summed E-state index contributed by atoms with van der Waals surface area (Å²) in [5, 5.41) is 0.325. The Kier molecular flexibility index (Phi) is 11.1. The van der Waals surface area contributed by atoms with Crippen molar-refractivity contribution >= 4 is 35.8 Å². The lowest BCUT2D eigenvalue weighted by Gasteiger charge is -2.41. The number of fused-ring (bicyclic) bond motifs is 1. The zero-order valence-corrected chi connectivity index (χ0v) is 30.9. The van der Waals surface area contributed by atoms with E-state index in [4.69, 9.17) is 23.1 Å². The van der Waals surface area contributed by atoms with Crippen molar-refractivity contribution < 1.29 is 27.8 Å². The van der Waals surface area contributed by atoms with Crippen LogP contribution in [0.5, 0.6) is 5.75 Å². The van der Waals surface area contributed by atoms with E-state index >= 15 is 0 Å². The van der Waals surface area contributed by atoms with Gasteiger partial charge in [-0.15, -0.1) is 11.3 Å². The van der Waals surface area contributed by atoms with E-state index in [0.717, 1.165) is 10.1 Å². The van der Waals surface area contributed by atoms with Gasteiger partial charge in [0.15, 0.2) is 0 Å². The highest BCUT2D eigenvalue weighted by Gasteiger charge is 2.48. The first-order valence-corrected chi connectivity index (χ1v) is 19.6. The smallest absolute Gasteiger partial charge is 0.332 e. The minimum Gasteiger partial charge on any atom is -0.517 e. The van der Waals surface area contributed by atoms with E-state index in [-0.39, 0.29) is 29.3 Å². The number of carbonyl (C=O) groups excluding carboxylic acids is 1. The van der Waals surface area contributed by atoms with Crippen LogP contribution in [0.4, 0.5) is 0 Å². The normalized spacial score (nSPS) is 15.1. The van der Waals surface area contributed by atoms with Crippen molar-refractivity contribution in [3.63, 3.8) is 0 Å². The maximum Gasteiger partial charge on any atom is 0.332 e. The SMILES string of the molecule is COc1ccccc1[C@H](Cn1c(=O)n(CC(=O)O[Si](C(C)C)(C(C)C)C(C)C)c(=O)c2c(C)c(-c3ncco3)sc21)OC1CCOCC1. The van der Waals surface area contributed by atoms with Gasteiger partial charge in [-0.2, -0.15) is 0 Å². The van der Waals surface area contributed by atoms with Crippen LogP contribution in [0.1, 0.15) is 71.6 Å². The van der Waals surface area contributed by atoms with Crippen molar-refractivity contribution in [3.8, 4) is 16.5 Å². The third-order valence-electron chi connectivity index (χ3n) is 9.56. The molecule has 0 bridgehead atoms. The third kappa shape index (κ3) is 6.82. The van der Waals surface area contributed by atoms with Crippen molar-refractivity contribution in [2.24, 2.45) is 0 Å². The van der Waals surface area contributed by atoms with Crippen LogP contribution in [0.2, 0.25) is 16.6 Å². The number of thiophene rings is 1. The lowest BCUT2D eigenvalue weighted by atomic mass is 10.1. The molecule has 1 aliphatic heterocycles. The molecule has 13 heteroatoms. The number of rotatable bonds is 13. The fourth-order valence-corrected chi connectivity index (χ4v) is 13.7. The second kappa shape index (κ2) is 14.9. The molecule has 0 aliphatic carbocycles. The fourth-order valence-electron chi connectivity index (χ4n) is 7.30. The number of hydrogen-bond donors (Lipinski definition) is 0. The van der Waals surface area contributed by atoms with E-state index in [0.29, 0.717) is 58.4 Å². The minimum absolute atomic E-state index is 0.0655. The number of oxazole rings is 1. The second-order valence-electron chi connectivity index (χ2n) is 13.3. The number of nitrogens with zero attached hydrogens (tertiary/aromatic N) is 3. The number of hydrogen-bond acceptors (Lipinski definition) is 10. The number of aromatic nitrogens is 3. The molecule has 4 heterocycles. The average Bonchev–Trinajstić information content (AvgIpc) is 3.71. The molecule has 0 radical (unpaired) electrons. The van der Waals surface area contributed by atoms with Gasteiger partial charge in [-0.25, -0.2) is 14.3 Å². The van der Waals surface area contributed by atoms with Crippen LogP contribution < -0.4 is 16.0 Å². The van der Waals surface area contributed by atoms with Gasteiger partial charge in [0, 0.05) is 18.8 Å². The maximum absolute atomic E-state index is 14.5. The number of methoxy groups -OCH3 is 1. The van der Waals surface area contributed by atoms with Crippen molar-refractivity contribution in [2.45, 2.75) is 103 Å². The molecule has 4 aromatic rings. The summed E-state index contributed by atoms with van der Waals surface area (Å²) in [5.41, 5.74) is 0.640. The van der Waals surface area contributed by atoms with E-state index in [1.807, 2.05) is 31.2 Å². The van der Waals surface area contributed by atoms with Crippen molar-refractivity contribution in [3.05, 3.63) is 68.7 Å². The summed E-state index contributed by atoms with van der Waals surface area (Å²) >= 11 is 1.26. The first-order valence-electron chi connectivity index (χ1n) is 16.6. The second-order valence-corrected chi connectivity index (χ2v) is 19.7. The minimum atomic E-state index is -2.63. The molecule has 5 rings (SSSR count). The molecule has 1 aliphatic rings. The van der Waals surface area contributed by atoms with Crippen molar-refractivity contribution in [2.75, 3.05) is 20.3 Å². The topological polar surface area (TPSA) is 124 Å². The molecule has 0 N–H and O–H groups in total. The molecule has 1 atom stereocenters. The molecular formula is C35H47N3O8SSi. The van der Waals surface area contributed by atoms with Crippen LogP contribution in [0.25, 0.3) is 21.0 Å². The van der Waals surface area contributed by atoms with E-state index < -0.39 is 38.2 Å². The quantitative estimate of drug-likeness (QED) is 0.138. The van der Waals surface area contributed by atoms with E-state index in [2.05, 4.69) is 46.5 Å². The highest BCUT2D eigenvalue weighted by atomic mass is 32.1. The zero-order valence-electron chi connectivity index (χ0n) is 29.1. The molecular weight excluding hydrogens is 651 g/mol. The molecule has 48 heavy (non-hydrogen) atoms. The van der Waals surface area contributed by atoms with Gasteiger partial charge < -0.3 is 23.1 Å². The van der Waals surface area contributed by atoms with Gasteiger partial charge in [-0.1, -0.05) is 59.7 Å². The first-order chi connectivity index (χ1) is 22.9. The van der Waals surface area contributed by atoms with Crippen LogP contribution in [-0.4, -0.2) is 54.8 Å². The monoisotopic (exact) mass is 697 g/mol. The van der Waals surface area contributed by atoms with Crippen molar-refractivity contribution in [1.82, 2.24) is 14.1 Å². The molecule has 1 saturated heterocycles. The highest BCUT2D eigenvalue weighted by Crippen LogP contribution is 2.42. The number of carbonyl (C=O) groups is 1. The molecule has 0 spiro atoms. The summed E-state index contributed by atoms with van der Waals surface area (Å²) in [6.45, 7) is 15.0. The summed E-state index contributed by atoms with van der Waals surface area (Å²) in [5.74, 6) is 0.388. The number of para-hydroxylation sites is 1. The Morgan fingerprint density at radius 3 is 2.31 bits per heavy atom. The molecule has 1 aromatic carbocycles. The van der Waals surface area contributed by atoms with E-state index in [1.54, 1.807) is 11.7 Å².